The summed E-state index contributed by atoms with van der Waals surface area (Å²) in [7, 11) is 0. The van der Waals surface area contributed by atoms with Gasteiger partial charge in [-0.05, 0) is 41.8 Å². The number of hydrogen-bond donors (Lipinski definition) is 1. The molecule has 108 valence electrons. The topological polar surface area (TPSA) is 78.8 Å². The SMILES string of the molecule is CCOc1cc(N)cc(-c2nnnn2CCC(C)C)c1. The van der Waals surface area contributed by atoms with Crippen molar-refractivity contribution < 1.29 is 4.74 Å². The molecule has 0 aliphatic heterocycles. The van der Waals surface area contributed by atoms with E-state index in [1.54, 1.807) is 6.07 Å². The maximum absolute atomic E-state index is 5.91. The molecule has 0 atom stereocenters. The normalized spacial score (nSPS) is 11.0. The second kappa shape index (κ2) is 6.36. The van der Waals surface area contributed by atoms with Gasteiger partial charge < -0.3 is 10.5 Å². The summed E-state index contributed by atoms with van der Waals surface area (Å²) in [5.41, 5.74) is 7.43. The van der Waals surface area contributed by atoms with Crippen LogP contribution in [0.5, 0.6) is 5.75 Å². The molecule has 0 spiro atoms. The van der Waals surface area contributed by atoms with Crippen molar-refractivity contribution in [3.05, 3.63) is 18.2 Å². The highest BCUT2D eigenvalue weighted by molar-refractivity contribution is 5.64. The van der Waals surface area contributed by atoms with E-state index in [4.69, 9.17) is 10.5 Å². The monoisotopic (exact) mass is 275 g/mol. The fourth-order valence-corrected chi connectivity index (χ4v) is 1.94. The van der Waals surface area contributed by atoms with Crippen LogP contribution in [0.3, 0.4) is 0 Å². The Balaban J connectivity index is 2.29. The van der Waals surface area contributed by atoms with Crippen molar-refractivity contribution in [2.75, 3.05) is 12.3 Å². The van der Waals surface area contributed by atoms with Crippen LogP contribution in [0.4, 0.5) is 5.69 Å². The van der Waals surface area contributed by atoms with Gasteiger partial charge in [0.2, 0.25) is 0 Å². The number of benzene rings is 1. The Morgan fingerprint density at radius 1 is 1.30 bits per heavy atom. The van der Waals surface area contributed by atoms with Gasteiger partial charge in [-0.3, -0.25) is 0 Å². The van der Waals surface area contributed by atoms with E-state index in [0.717, 1.165) is 30.1 Å². The molecule has 20 heavy (non-hydrogen) atoms. The molecule has 6 nitrogen and oxygen atoms in total. The van der Waals surface area contributed by atoms with E-state index in [9.17, 15) is 0 Å². The van der Waals surface area contributed by atoms with E-state index in [1.165, 1.54) is 0 Å². The van der Waals surface area contributed by atoms with Crippen molar-refractivity contribution in [2.45, 2.75) is 33.7 Å². The number of ether oxygens (including phenoxy) is 1. The lowest BCUT2D eigenvalue weighted by atomic mass is 10.1. The van der Waals surface area contributed by atoms with Crippen molar-refractivity contribution in [2.24, 2.45) is 5.92 Å². The zero-order chi connectivity index (χ0) is 14.5. The highest BCUT2D eigenvalue weighted by Crippen LogP contribution is 2.26. The van der Waals surface area contributed by atoms with E-state index in [2.05, 4.69) is 29.4 Å². The summed E-state index contributed by atoms with van der Waals surface area (Å²) >= 11 is 0. The molecule has 0 aliphatic carbocycles. The smallest absolute Gasteiger partial charge is 0.182 e. The third-order valence-corrected chi connectivity index (χ3v) is 2.95. The number of nitrogens with two attached hydrogens (primary N) is 1. The maximum atomic E-state index is 5.91. The first-order valence-corrected chi connectivity index (χ1v) is 6.90. The fourth-order valence-electron chi connectivity index (χ4n) is 1.94. The quantitative estimate of drug-likeness (QED) is 0.819. The predicted octanol–water partition coefficient (Wildman–Crippen LogP) is 2.37. The number of aryl methyl sites for hydroxylation is 1. The molecule has 6 heteroatoms. The van der Waals surface area contributed by atoms with Gasteiger partial charge in [-0.2, -0.15) is 0 Å². The van der Waals surface area contributed by atoms with E-state index < -0.39 is 0 Å². The largest absolute Gasteiger partial charge is 0.494 e. The molecule has 0 aliphatic rings. The van der Waals surface area contributed by atoms with Gasteiger partial charge in [-0.25, -0.2) is 4.68 Å². The zero-order valence-electron chi connectivity index (χ0n) is 12.2. The van der Waals surface area contributed by atoms with Gasteiger partial charge in [0.15, 0.2) is 5.82 Å². The van der Waals surface area contributed by atoms with Crippen molar-refractivity contribution in [1.82, 2.24) is 20.2 Å². The lowest BCUT2D eigenvalue weighted by Gasteiger charge is -2.09. The Hall–Kier alpha value is -2.11. The molecule has 0 bridgehead atoms. The van der Waals surface area contributed by atoms with E-state index in [0.29, 0.717) is 18.2 Å². The summed E-state index contributed by atoms with van der Waals surface area (Å²) in [5.74, 6) is 2.06. The second-order valence-corrected chi connectivity index (χ2v) is 5.13. The number of aromatic nitrogens is 4. The summed E-state index contributed by atoms with van der Waals surface area (Å²) in [5, 5.41) is 11.9. The molecule has 2 N–H and O–H groups in total. The Kier molecular flexibility index (Phi) is 4.55. The van der Waals surface area contributed by atoms with Crippen LogP contribution >= 0.6 is 0 Å². The van der Waals surface area contributed by atoms with Gasteiger partial charge in [-0.15, -0.1) is 5.10 Å². The average molecular weight is 275 g/mol. The zero-order valence-corrected chi connectivity index (χ0v) is 12.2. The number of hydrogen-bond acceptors (Lipinski definition) is 5. The highest BCUT2D eigenvalue weighted by Gasteiger charge is 2.11. The number of anilines is 1. The van der Waals surface area contributed by atoms with E-state index >= 15 is 0 Å². The Labute approximate surface area is 118 Å². The van der Waals surface area contributed by atoms with Crippen molar-refractivity contribution in [3.8, 4) is 17.1 Å². The molecule has 1 aromatic carbocycles. The van der Waals surface area contributed by atoms with E-state index in [1.807, 2.05) is 23.7 Å². The first-order chi connectivity index (χ1) is 9.60. The molecular weight excluding hydrogens is 254 g/mol. The number of rotatable bonds is 6. The lowest BCUT2D eigenvalue weighted by Crippen LogP contribution is -2.06. The summed E-state index contributed by atoms with van der Waals surface area (Å²) in [4.78, 5) is 0. The average Bonchev–Trinajstić information content (AvgIpc) is 2.84. The first-order valence-electron chi connectivity index (χ1n) is 6.90. The number of nitrogen functional groups attached to an aromatic ring is 1. The van der Waals surface area contributed by atoms with Crippen LogP contribution < -0.4 is 10.5 Å². The van der Waals surface area contributed by atoms with Crippen LogP contribution in [-0.2, 0) is 6.54 Å². The van der Waals surface area contributed by atoms with Crippen LogP contribution in [0.1, 0.15) is 27.2 Å². The highest BCUT2D eigenvalue weighted by atomic mass is 16.5. The van der Waals surface area contributed by atoms with Crippen molar-refractivity contribution >= 4 is 5.69 Å². The minimum Gasteiger partial charge on any atom is -0.494 e. The van der Waals surface area contributed by atoms with Crippen molar-refractivity contribution in [3.63, 3.8) is 0 Å². The molecule has 1 heterocycles. The number of tetrazole rings is 1. The maximum Gasteiger partial charge on any atom is 0.182 e. The van der Waals surface area contributed by atoms with Gasteiger partial charge in [0.05, 0.1) is 6.61 Å². The molecule has 0 saturated heterocycles. The second-order valence-electron chi connectivity index (χ2n) is 5.13. The third kappa shape index (κ3) is 3.46. The van der Waals surface area contributed by atoms with Gasteiger partial charge in [-0.1, -0.05) is 13.8 Å². The molecule has 0 unspecified atom stereocenters. The molecule has 0 amide bonds. The predicted molar refractivity (Wildman–Crippen MR) is 78.3 cm³/mol. The van der Waals surface area contributed by atoms with Crippen molar-refractivity contribution in [1.29, 1.82) is 0 Å². The Morgan fingerprint density at radius 3 is 2.80 bits per heavy atom. The summed E-state index contributed by atoms with van der Waals surface area (Å²) in [6.07, 6.45) is 1.03. The summed E-state index contributed by atoms with van der Waals surface area (Å²) in [6.45, 7) is 7.69. The Bertz CT molecular complexity index is 564. The summed E-state index contributed by atoms with van der Waals surface area (Å²) < 4.78 is 7.32. The first kappa shape index (κ1) is 14.3. The number of nitrogens with zero attached hydrogens (tertiary/aromatic N) is 4. The third-order valence-electron chi connectivity index (χ3n) is 2.95. The van der Waals surface area contributed by atoms with E-state index in [-0.39, 0.29) is 0 Å². The molecule has 2 aromatic rings. The Morgan fingerprint density at radius 2 is 2.10 bits per heavy atom. The van der Waals surface area contributed by atoms with Gasteiger partial charge >= 0.3 is 0 Å². The van der Waals surface area contributed by atoms with Gasteiger partial charge in [0.1, 0.15) is 5.75 Å². The van der Waals surface area contributed by atoms with Crippen LogP contribution in [-0.4, -0.2) is 26.8 Å². The molecule has 0 saturated carbocycles. The molecule has 2 rings (SSSR count). The van der Waals surface area contributed by atoms with Crippen LogP contribution in [0.25, 0.3) is 11.4 Å². The minimum absolute atomic E-state index is 0.598. The molecule has 0 radical (unpaired) electrons. The fraction of sp³-hybridized carbons (Fsp3) is 0.500. The van der Waals surface area contributed by atoms with Gasteiger partial charge in [0.25, 0.3) is 0 Å². The molecular formula is C14H21N5O. The minimum atomic E-state index is 0.598. The molecule has 1 aromatic heterocycles. The molecule has 0 fully saturated rings. The summed E-state index contributed by atoms with van der Waals surface area (Å²) in [6, 6.07) is 5.58. The van der Waals surface area contributed by atoms with Crippen LogP contribution in [0, 0.1) is 5.92 Å². The van der Waals surface area contributed by atoms with Crippen LogP contribution in [0.2, 0.25) is 0 Å². The van der Waals surface area contributed by atoms with Crippen LogP contribution in [0.15, 0.2) is 18.2 Å². The lowest BCUT2D eigenvalue weighted by molar-refractivity contribution is 0.340. The van der Waals surface area contributed by atoms with Gasteiger partial charge in [0, 0.05) is 23.9 Å². The standard InChI is InChI=1S/C14H21N5O/c1-4-20-13-8-11(7-12(15)9-13)14-16-17-18-19(14)6-5-10(2)3/h7-10H,4-6,15H2,1-3H3.